The van der Waals surface area contributed by atoms with Crippen molar-refractivity contribution < 1.29 is 9.13 Å². The molecule has 0 aliphatic heterocycles. The normalized spacial score (nSPS) is 10.6. The largest absolute Gasteiger partial charge is 0.377 e. The van der Waals surface area contributed by atoms with E-state index in [0.717, 1.165) is 13.0 Å². The minimum Gasteiger partial charge on any atom is -0.377 e. The summed E-state index contributed by atoms with van der Waals surface area (Å²) in [6.07, 6.45) is 0.887. The van der Waals surface area contributed by atoms with Gasteiger partial charge in [-0.1, -0.05) is 13.8 Å². The molecule has 0 spiro atoms. The molecule has 98 valence electrons. The molecule has 0 saturated carbocycles. The van der Waals surface area contributed by atoms with Crippen molar-refractivity contribution in [2.75, 3.05) is 13.2 Å². The summed E-state index contributed by atoms with van der Waals surface area (Å²) in [5.41, 5.74) is 0.891. The Kier molecular flexibility index (Phi) is 6.34. The smallest absolute Gasteiger partial charge is 0.128 e. The zero-order chi connectivity index (χ0) is 13.4. The van der Waals surface area contributed by atoms with E-state index in [1.54, 1.807) is 0 Å². The lowest BCUT2D eigenvalue weighted by atomic mass is 10.1. The molecule has 0 aliphatic carbocycles. The number of nitrogens with zero attached hydrogens (tertiary/aromatic N) is 1. The number of hydrogen-bond donors (Lipinski definition) is 1. The Morgan fingerprint density at radius 3 is 2.89 bits per heavy atom. The number of nitriles is 1. The fourth-order valence-corrected chi connectivity index (χ4v) is 1.50. The molecular formula is C14H19FN2O. The molecule has 0 fully saturated rings. The van der Waals surface area contributed by atoms with Crippen molar-refractivity contribution in [1.29, 1.82) is 5.26 Å². The molecule has 4 heteroatoms. The SMILES string of the molecule is CC(C)NCCCOCc1cc(C#N)ccc1F. The number of ether oxygens (including phenoxy) is 1. The first-order valence-corrected chi connectivity index (χ1v) is 6.13. The van der Waals surface area contributed by atoms with E-state index in [0.29, 0.717) is 23.8 Å². The van der Waals surface area contributed by atoms with Gasteiger partial charge in [0, 0.05) is 18.2 Å². The molecule has 1 aromatic rings. The van der Waals surface area contributed by atoms with Crippen LogP contribution in [0.4, 0.5) is 4.39 Å². The zero-order valence-corrected chi connectivity index (χ0v) is 10.9. The van der Waals surface area contributed by atoms with Crippen LogP contribution in [0, 0.1) is 17.1 Å². The van der Waals surface area contributed by atoms with Crippen LogP contribution in [0.15, 0.2) is 18.2 Å². The second-order valence-electron chi connectivity index (χ2n) is 4.43. The minimum atomic E-state index is -0.325. The summed E-state index contributed by atoms with van der Waals surface area (Å²) in [7, 11) is 0. The van der Waals surface area contributed by atoms with Crippen LogP contribution in [-0.4, -0.2) is 19.2 Å². The van der Waals surface area contributed by atoms with Crippen molar-refractivity contribution in [2.45, 2.75) is 32.9 Å². The average Bonchev–Trinajstić information content (AvgIpc) is 2.35. The van der Waals surface area contributed by atoms with Gasteiger partial charge in [0.25, 0.3) is 0 Å². The van der Waals surface area contributed by atoms with E-state index in [-0.39, 0.29) is 12.4 Å². The van der Waals surface area contributed by atoms with Crippen LogP contribution in [0.1, 0.15) is 31.4 Å². The third kappa shape index (κ3) is 5.26. The molecule has 0 heterocycles. The van der Waals surface area contributed by atoms with E-state index in [9.17, 15) is 4.39 Å². The molecular weight excluding hydrogens is 231 g/mol. The average molecular weight is 250 g/mol. The van der Waals surface area contributed by atoms with Crippen molar-refractivity contribution in [2.24, 2.45) is 0 Å². The van der Waals surface area contributed by atoms with E-state index < -0.39 is 0 Å². The van der Waals surface area contributed by atoms with Gasteiger partial charge in [-0.25, -0.2) is 4.39 Å². The Hall–Kier alpha value is -1.44. The van der Waals surface area contributed by atoms with Gasteiger partial charge in [-0.15, -0.1) is 0 Å². The molecule has 3 nitrogen and oxygen atoms in total. The van der Waals surface area contributed by atoms with Gasteiger partial charge in [0.05, 0.1) is 18.2 Å². The maximum absolute atomic E-state index is 13.4. The van der Waals surface area contributed by atoms with Crippen LogP contribution in [0.2, 0.25) is 0 Å². The van der Waals surface area contributed by atoms with Gasteiger partial charge in [-0.3, -0.25) is 0 Å². The summed E-state index contributed by atoms with van der Waals surface area (Å²) in [6.45, 7) is 5.85. The third-order valence-electron chi connectivity index (χ3n) is 2.45. The Morgan fingerprint density at radius 2 is 2.22 bits per heavy atom. The van der Waals surface area contributed by atoms with Crippen molar-refractivity contribution >= 4 is 0 Å². The molecule has 0 amide bonds. The van der Waals surface area contributed by atoms with Gasteiger partial charge in [-0.05, 0) is 31.2 Å². The third-order valence-corrected chi connectivity index (χ3v) is 2.45. The topological polar surface area (TPSA) is 45.0 Å². The van der Waals surface area contributed by atoms with Gasteiger partial charge in [0.1, 0.15) is 5.82 Å². The van der Waals surface area contributed by atoms with Crippen LogP contribution in [0.5, 0.6) is 0 Å². The van der Waals surface area contributed by atoms with E-state index in [1.807, 2.05) is 6.07 Å². The predicted molar refractivity (Wildman–Crippen MR) is 68.5 cm³/mol. The molecule has 1 N–H and O–H groups in total. The lowest BCUT2D eigenvalue weighted by Gasteiger charge is -2.08. The van der Waals surface area contributed by atoms with Gasteiger partial charge < -0.3 is 10.1 Å². The molecule has 0 aliphatic rings. The highest BCUT2D eigenvalue weighted by atomic mass is 19.1. The van der Waals surface area contributed by atoms with E-state index >= 15 is 0 Å². The van der Waals surface area contributed by atoms with Crippen LogP contribution >= 0.6 is 0 Å². The summed E-state index contributed by atoms with van der Waals surface area (Å²) in [6, 6.07) is 6.75. The Labute approximate surface area is 108 Å². The van der Waals surface area contributed by atoms with Crippen molar-refractivity contribution in [3.8, 4) is 6.07 Å². The number of halogens is 1. The first-order valence-electron chi connectivity index (χ1n) is 6.13. The molecule has 1 aromatic carbocycles. The van der Waals surface area contributed by atoms with Crippen LogP contribution in [0.3, 0.4) is 0 Å². The molecule has 0 saturated heterocycles. The molecule has 0 aromatic heterocycles. The summed E-state index contributed by atoms with van der Waals surface area (Å²) >= 11 is 0. The maximum Gasteiger partial charge on any atom is 0.128 e. The Balaban J connectivity index is 2.29. The van der Waals surface area contributed by atoms with Crippen molar-refractivity contribution in [3.63, 3.8) is 0 Å². The fraction of sp³-hybridized carbons (Fsp3) is 0.500. The molecule has 0 bridgehead atoms. The molecule has 0 atom stereocenters. The van der Waals surface area contributed by atoms with Gasteiger partial charge in [-0.2, -0.15) is 5.26 Å². The van der Waals surface area contributed by atoms with Crippen molar-refractivity contribution in [3.05, 3.63) is 35.1 Å². The zero-order valence-electron chi connectivity index (χ0n) is 10.9. The second kappa shape index (κ2) is 7.80. The van der Waals surface area contributed by atoms with Gasteiger partial charge in [0.15, 0.2) is 0 Å². The first-order chi connectivity index (χ1) is 8.63. The fourth-order valence-electron chi connectivity index (χ4n) is 1.50. The predicted octanol–water partition coefficient (Wildman–Crippen LogP) is 2.60. The number of nitrogens with one attached hydrogen (secondary N) is 1. The number of rotatable bonds is 7. The van der Waals surface area contributed by atoms with Crippen LogP contribution in [0.25, 0.3) is 0 Å². The Bertz CT molecular complexity index is 413. The summed E-state index contributed by atoms with van der Waals surface area (Å²) in [5, 5.41) is 12.0. The highest BCUT2D eigenvalue weighted by molar-refractivity contribution is 5.33. The van der Waals surface area contributed by atoms with E-state index in [4.69, 9.17) is 10.00 Å². The van der Waals surface area contributed by atoms with Gasteiger partial charge >= 0.3 is 0 Å². The number of hydrogen-bond acceptors (Lipinski definition) is 3. The van der Waals surface area contributed by atoms with Crippen LogP contribution in [-0.2, 0) is 11.3 Å². The molecule has 18 heavy (non-hydrogen) atoms. The minimum absolute atomic E-state index is 0.211. The monoisotopic (exact) mass is 250 g/mol. The quantitative estimate of drug-likeness (QED) is 0.756. The molecule has 0 unspecified atom stereocenters. The van der Waals surface area contributed by atoms with Crippen molar-refractivity contribution in [1.82, 2.24) is 5.32 Å². The summed E-state index contributed by atoms with van der Waals surface area (Å²) < 4.78 is 18.8. The summed E-state index contributed by atoms with van der Waals surface area (Å²) in [4.78, 5) is 0. The Morgan fingerprint density at radius 1 is 1.44 bits per heavy atom. The highest BCUT2D eigenvalue weighted by Gasteiger charge is 2.03. The first kappa shape index (κ1) is 14.6. The molecule has 1 rings (SSSR count). The number of benzene rings is 1. The second-order valence-corrected chi connectivity index (χ2v) is 4.43. The lowest BCUT2D eigenvalue weighted by Crippen LogP contribution is -2.24. The highest BCUT2D eigenvalue weighted by Crippen LogP contribution is 2.11. The van der Waals surface area contributed by atoms with Gasteiger partial charge in [0.2, 0.25) is 0 Å². The maximum atomic E-state index is 13.4. The lowest BCUT2D eigenvalue weighted by molar-refractivity contribution is 0.116. The summed E-state index contributed by atoms with van der Waals surface area (Å²) in [5.74, 6) is -0.325. The van der Waals surface area contributed by atoms with E-state index in [2.05, 4.69) is 19.2 Å². The van der Waals surface area contributed by atoms with E-state index in [1.165, 1.54) is 18.2 Å². The standard InChI is InChI=1S/C14H19FN2O/c1-11(2)17-6-3-7-18-10-13-8-12(9-16)4-5-14(13)15/h4-5,8,11,17H,3,6-7,10H2,1-2H3. The van der Waals surface area contributed by atoms with Crippen LogP contribution < -0.4 is 5.32 Å². The molecule has 0 radical (unpaired) electrons.